The van der Waals surface area contributed by atoms with Crippen LogP contribution in [0.4, 0.5) is 18.3 Å². The average molecular weight is 551 g/mol. The minimum atomic E-state index is -4.35. The van der Waals surface area contributed by atoms with E-state index in [1.165, 1.54) is 23.5 Å². The zero-order valence-corrected chi connectivity index (χ0v) is 22.3. The van der Waals surface area contributed by atoms with E-state index in [0.29, 0.717) is 23.8 Å². The fourth-order valence-electron chi connectivity index (χ4n) is 4.82. The average Bonchev–Trinajstić information content (AvgIpc) is 3.58. The van der Waals surface area contributed by atoms with E-state index in [-0.39, 0.29) is 6.04 Å². The Hall–Kier alpha value is -3.45. The second kappa shape index (κ2) is 11.3. The van der Waals surface area contributed by atoms with Crippen LogP contribution in [0, 0.1) is 11.8 Å². The number of thiazole rings is 1. The van der Waals surface area contributed by atoms with Crippen LogP contribution >= 0.6 is 11.3 Å². The Bertz CT molecular complexity index is 1500. The first kappa shape index (κ1) is 27.1. The number of hydrogen-bond acceptors (Lipinski definition) is 6. The summed E-state index contributed by atoms with van der Waals surface area (Å²) in [6.45, 7) is 0.409. The van der Waals surface area contributed by atoms with Gasteiger partial charge in [0.05, 0.1) is 10.4 Å². The Labute approximate surface area is 229 Å². The molecule has 2 heterocycles. The maximum Gasteiger partial charge on any atom is 0.416 e. The van der Waals surface area contributed by atoms with Gasteiger partial charge in [-0.15, -0.1) is 0 Å². The van der Waals surface area contributed by atoms with E-state index in [4.69, 9.17) is 15.5 Å². The first-order chi connectivity index (χ1) is 18.7. The molecule has 0 radical (unpaired) electrons. The monoisotopic (exact) mass is 550 g/mol. The molecule has 0 unspecified atom stereocenters. The van der Waals surface area contributed by atoms with Crippen LogP contribution in [0.2, 0.25) is 0 Å². The van der Waals surface area contributed by atoms with Crippen molar-refractivity contribution in [1.29, 1.82) is 0 Å². The van der Waals surface area contributed by atoms with Gasteiger partial charge in [0, 0.05) is 37.5 Å². The molecule has 2 aromatic carbocycles. The Morgan fingerprint density at radius 1 is 1.10 bits per heavy atom. The van der Waals surface area contributed by atoms with Crippen LogP contribution in [0.5, 0.6) is 0 Å². The summed E-state index contributed by atoms with van der Waals surface area (Å²) in [7, 11) is 1.71. The van der Waals surface area contributed by atoms with Crippen LogP contribution in [-0.4, -0.2) is 35.3 Å². The predicted molar refractivity (Wildman–Crippen MR) is 150 cm³/mol. The van der Waals surface area contributed by atoms with Crippen molar-refractivity contribution in [2.75, 3.05) is 19.0 Å². The number of halogens is 3. The summed E-state index contributed by atoms with van der Waals surface area (Å²) in [5.74, 6) is 6.67. The molecule has 5 nitrogen and oxygen atoms in total. The van der Waals surface area contributed by atoms with Gasteiger partial charge < -0.3 is 15.8 Å². The number of hydrogen-bond donors (Lipinski definition) is 2. The van der Waals surface area contributed by atoms with Crippen molar-refractivity contribution in [2.45, 2.75) is 49.9 Å². The Balaban J connectivity index is 1.36. The van der Waals surface area contributed by atoms with Crippen molar-refractivity contribution in [3.05, 3.63) is 77.7 Å². The molecular formula is C30H29F3N4OS. The molecule has 0 spiro atoms. The normalized spacial score (nSPS) is 15.6. The van der Waals surface area contributed by atoms with Crippen molar-refractivity contribution < 1.29 is 17.9 Å². The number of alkyl halides is 3. The summed E-state index contributed by atoms with van der Waals surface area (Å²) in [5, 5.41) is 6.13. The number of ether oxygens (including phenoxy) is 1. The summed E-state index contributed by atoms with van der Waals surface area (Å²) < 4.78 is 44.3. The van der Waals surface area contributed by atoms with E-state index in [1.54, 1.807) is 13.3 Å². The van der Waals surface area contributed by atoms with Crippen LogP contribution in [-0.2, 0) is 17.3 Å². The zero-order valence-electron chi connectivity index (χ0n) is 21.5. The Morgan fingerprint density at radius 3 is 2.59 bits per heavy atom. The smallest absolute Gasteiger partial charge is 0.366 e. The van der Waals surface area contributed by atoms with E-state index >= 15 is 0 Å². The van der Waals surface area contributed by atoms with Crippen LogP contribution in [0.1, 0.15) is 42.5 Å². The summed E-state index contributed by atoms with van der Waals surface area (Å²) in [5.41, 5.74) is 7.64. The van der Waals surface area contributed by atoms with Gasteiger partial charge >= 0.3 is 6.18 Å². The molecule has 0 bridgehead atoms. The molecule has 0 aliphatic heterocycles. The number of fused-ring (bicyclic) bond motifs is 1. The second-order valence-electron chi connectivity index (χ2n) is 9.83. The minimum Gasteiger partial charge on any atom is -0.366 e. The lowest BCUT2D eigenvalue weighted by atomic mass is 10.0. The molecule has 2 aromatic heterocycles. The fraction of sp³-hybridized carbons (Fsp3) is 0.333. The van der Waals surface area contributed by atoms with Gasteiger partial charge in [0.25, 0.3) is 0 Å². The molecule has 1 fully saturated rings. The van der Waals surface area contributed by atoms with Crippen molar-refractivity contribution in [3.8, 4) is 22.3 Å². The molecule has 4 aromatic rings. The lowest BCUT2D eigenvalue weighted by Gasteiger charge is -2.19. The van der Waals surface area contributed by atoms with E-state index < -0.39 is 17.3 Å². The maximum absolute atomic E-state index is 12.8. The molecule has 0 saturated heterocycles. The van der Waals surface area contributed by atoms with Crippen molar-refractivity contribution in [1.82, 2.24) is 9.97 Å². The van der Waals surface area contributed by atoms with Gasteiger partial charge in [-0.2, -0.15) is 13.2 Å². The molecule has 1 atom stereocenters. The highest BCUT2D eigenvalue weighted by atomic mass is 32.1. The first-order valence-corrected chi connectivity index (χ1v) is 13.7. The lowest BCUT2D eigenvalue weighted by Crippen LogP contribution is -2.31. The van der Waals surface area contributed by atoms with Crippen molar-refractivity contribution in [2.24, 2.45) is 5.73 Å². The third-order valence-corrected chi connectivity index (χ3v) is 8.10. The fourth-order valence-corrected chi connectivity index (χ4v) is 5.75. The second-order valence-corrected chi connectivity index (χ2v) is 10.8. The highest BCUT2D eigenvalue weighted by Crippen LogP contribution is 2.36. The van der Waals surface area contributed by atoms with Crippen LogP contribution in [0.3, 0.4) is 0 Å². The van der Waals surface area contributed by atoms with Crippen molar-refractivity contribution in [3.63, 3.8) is 0 Å². The van der Waals surface area contributed by atoms with E-state index in [9.17, 15) is 13.2 Å². The summed E-state index contributed by atoms with van der Waals surface area (Å²) in [6.07, 6.45) is 3.68. The van der Waals surface area contributed by atoms with E-state index in [1.807, 2.05) is 24.4 Å². The van der Waals surface area contributed by atoms with Gasteiger partial charge in [0.15, 0.2) is 5.13 Å². The zero-order chi connectivity index (χ0) is 27.5. The molecule has 0 amide bonds. The lowest BCUT2D eigenvalue weighted by molar-refractivity contribution is -0.137. The van der Waals surface area contributed by atoms with Crippen LogP contribution in [0.25, 0.3) is 21.2 Å². The molecule has 1 aliphatic rings. The number of rotatable bonds is 7. The molecule has 9 heteroatoms. The molecule has 202 valence electrons. The third kappa shape index (κ3) is 6.41. The van der Waals surface area contributed by atoms with Crippen LogP contribution < -0.4 is 11.1 Å². The minimum absolute atomic E-state index is 0.313. The van der Waals surface area contributed by atoms with Gasteiger partial charge in [-0.1, -0.05) is 41.5 Å². The predicted octanol–water partition coefficient (Wildman–Crippen LogP) is 6.67. The number of nitrogens with one attached hydrogen (secondary N) is 1. The molecular weight excluding hydrogens is 521 g/mol. The number of methoxy groups -OCH3 is 1. The first-order valence-electron chi connectivity index (χ1n) is 12.8. The van der Waals surface area contributed by atoms with Crippen LogP contribution in [0.15, 0.2) is 60.9 Å². The van der Waals surface area contributed by atoms with Gasteiger partial charge in [-0.3, -0.25) is 4.98 Å². The summed E-state index contributed by atoms with van der Waals surface area (Å²) in [4.78, 5) is 9.94. The number of aromatic nitrogens is 2. The molecule has 39 heavy (non-hydrogen) atoms. The van der Waals surface area contributed by atoms with Gasteiger partial charge in [-0.25, -0.2) is 4.98 Å². The molecule has 1 aliphatic carbocycles. The Kier molecular flexibility index (Phi) is 7.89. The number of nitrogens with zero attached hydrogens (tertiary/aromatic N) is 2. The van der Waals surface area contributed by atoms with E-state index in [2.05, 4.69) is 28.2 Å². The number of anilines is 1. The van der Waals surface area contributed by atoms with Gasteiger partial charge in [0.1, 0.15) is 11.3 Å². The summed E-state index contributed by atoms with van der Waals surface area (Å²) >= 11 is 1.50. The maximum atomic E-state index is 12.8. The number of pyridine rings is 1. The topological polar surface area (TPSA) is 73.1 Å². The number of nitrogens with two attached hydrogens (primary N) is 1. The van der Waals surface area contributed by atoms with Gasteiger partial charge in [0.2, 0.25) is 0 Å². The quantitative estimate of drug-likeness (QED) is 0.252. The highest BCUT2D eigenvalue weighted by Gasteiger charge is 2.32. The molecule has 5 rings (SSSR count). The SMILES string of the molecule is COC1(C#Cc2nc(NC[C@@H](N)Cc3ccc(C(F)(F)F)cc3)sc2-c2ccc3cnccc3c2)CCCC1. The summed E-state index contributed by atoms with van der Waals surface area (Å²) in [6, 6.07) is 13.0. The standard InChI is InChI=1S/C30H29F3N4OS/c1-38-29(12-2-3-13-29)14-10-26-27(22-6-7-23-18-35-15-11-21(23)17-22)39-28(37-26)36-19-25(34)16-20-4-8-24(9-5-20)30(31,32)33/h4-9,11,15,17-18,25H,2-3,12-13,16,19,34H2,1H3,(H,36,37)/t25-/m0/s1. The molecule has 3 N–H and O–H groups in total. The molecule has 1 saturated carbocycles. The Morgan fingerprint density at radius 2 is 1.87 bits per heavy atom. The van der Waals surface area contributed by atoms with Crippen molar-refractivity contribution >= 4 is 27.2 Å². The largest absolute Gasteiger partial charge is 0.416 e. The van der Waals surface area contributed by atoms with E-state index in [0.717, 1.165) is 64.6 Å². The third-order valence-electron chi connectivity index (χ3n) is 7.04. The highest BCUT2D eigenvalue weighted by molar-refractivity contribution is 7.19. The van der Waals surface area contributed by atoms with Gasteiger partial charge in [-0.05, 0) is 78.8 Å². The number of benzene rings is 2.